The summed E-state index contributed by atoms with van der Waals surface area (Å²) in [7, 11) is 0. The van der Waals surface area contributed by atoms with E-state index in [-0.39, 0.29) is 11.8 Å². The maximum absolute atomic E-state index is 12.5. The molecule has 0 unspecified atom stereocenters. The molecule has 2 fully saturated rings. The average molecular weight is 456 g/mol. The number of piperidine rings is 2. The lowest BCUT2D eigenvalue weighted by atomic mass is 9.86. The van der Waals surface area contributed by atoms with E-state index in [4.69, 9.17) is 0 Å². The molecule has 34 heavy (non-hydrogen) atoms. The molecule has 0 aromatic heterocycles. The summed E-state index contributed by atoms with van der Waals surface area (Å²) in [6, 6.07) is 17.4. The third-order valence-corrected chi connectivity index (χ3v) is 7.49. The van der Waals surface area contributed by atoms with E-state index in [0.717, 1.165) is 51.7 Å². The van der Waals surface area contributed by atoms with Crippen molar-refractivity contribution in [3.05, 3.63) is 76.4 Å². The molecule has 1 aliphatic carbocycles. The van der Waals surface area contributed by atoms with Gasteiger partial charge in [0.2, 0.25) is 12.3 Å². The molecule has 5 nitrogen and oxygen atoms in total. The second-order valence-electron chi connectivity index (χ2n) is 9.53. The number of benzene rings is 2. The number of likely N-dealkylation sites (tertiary alicyclic amines) is 2. The van der Waals surface area contributed by atoms with Gasteiger partial charge in [0, 0.05) is 45.2 Å². The Balaban J connectivity index is 1.21. The quantitative estimate of drug-likeness (QED) is 0.591. The molecular weight excluding hydrogens is 422 g/mol. The molecule has 176 valence electrons. The number of carbonyl (C=O) groups is 2. The van der Waals surface area contributed by atoms with Crippen LogP contribution in [0.3, 0.4) is 0 Å². The molecule has 5 heteroatoms. The molecular formula is C29H33N3O2. The molecule has 1 N–H and O–H groups in total. The predicted molar refractivity (Wildman–Crippen MR) is 137 cm³/mol. The number of nitrogens with one attached hydrogen (secondary N) is 1. The van der Waals surface area contributed by atoms with Crippen molar-refractivity contribution >= 4 is 30.0 Å². The van der Waals surface area contributed by atoms with Crippen molar-refractivity contribution in [2.24, 2.45) is 5.92 Å². The average Bonchev–Trinajstić information content (AvgIpc) is 3.06. The van der Waals surface area contributed by atoms with E-state index < -0.39 is 0 Å². The Morgan fingerprint density at radius 3 is 2.06 bits per heavy atom. The minimum Gasteiger partial charge on any atom is -0.355 e. The monoisotopic (exact) mass is 455 g/mol. The van der Waals surface area contributed by atoms with Crippen molar-refractivity contribution in [1.82, 2.24) is 15.1 Å². The molecule has 5 rings (SSSR count). The van der Waals surface area contributed by atoms with E-state index in [1.54, 1.807) is 4.90 Å². The van der Waals surface area contributed by atoms with Crippen molar-refractivity contribution in [3.8, 4) is 0 Å². The topological polar surface area (TPSA) is 52.7 Å². The molecule has 2 aromatic rings. The number of fused-ring (bicyclic) bond motifs is 2. The molecule has 0 spiro atoms. The van der Waals surface area contributed by atoms with E-state index >= 15 is 0 Å². The second-order valence-corrected chi connectivity index (χ2v) is 9.53. The van der Waals surface area contributed by atoms with Crippen molar-refractivity contribution in [2.45, 2.75) is 25.7 Å². The van der Waals surface area contributed by atoms with E-state index in [2.05, 4.69) is 70.9 Å². The van der Waals surface area contributed by atoms with Crippen LogP contribution in [0.15, 0.2) is 54.1 Å². The number of hydrogen-bond donors (Lipinski definition) is 1. The van der Waals surface area contributed by atoms with Crippen molar-refractivity contribution in [1.29, 1.82) is 0 Å². The molecule has 2 saturated heterocycles. The Morgan fingerprint density at radius 1 is 0.882 bits per heavy atom. The molecule has 2 aromatic carbocycles. The van der Waals surface area contributed by atoms with Gasteiger partial charge in [0.1, 0.15) is 0 Å². The minimum atomic E-state index is 0.0397. The van der Waals surface area contributed by atoms with Crippen LogP contribution in [0.1, 0.15) is 47.9 Å². The highest BCUT2D eigenvalue weighted by Crippen LogP contribution is 2.38. The number of nitrogens with zero attached hydrogens (tertiary/aromatic N) is 2. The summed E-state index contributed by atoms with van der Waals surface area (Å²) < 4.78 is 0. The smallest absolute Gasteiger partial charge is 0.223 e. The first-order valence-corrected chi connectivity index (χ1v) is 12.5. The Bertz CT molecular complexity index is 1050. The lowest BCUT2D eigenvalue weighted by molar-refractivity contribution is -0.128. The lowest BCUT2D eigenvalue weighted by Gasteiger charge is -2.31. The molecule has 2 heterocycles. The molecule has 0 radical (unpaired) electrons. The largest absolute Gasteiger partial charge is 0.355 e. The Kier molecular flexibility index (Phi) is 6.91. The first-order chi connectivity index (χ1) is 16.7. The van der Waals surface area contributed by atoms with E-state index in [1.165, 1.54) is 33.4 Å². The van der Waals surface area contributed by atoms with Gasteiger partial charge in [-0.3, -0.25) is 9.59 Å². The van der Waals surface area contributed by atoms with Crippen LogP contribution in [-0.2, 0) is 9.59 Å². The fourth-order valence-electron chi connectivity index (χ4n) is 5.49. The van der Waals surface area contributed by atoms with Crippen molar-refractivity contribution in [3.63, 3.8) is 0 Å². The van der Waals surface area contributed by atoms with Crippen molar-refractivity contribution < 1.29 is 9.59 Å². The van der Waals surface area contributed by atoms with Crippen LogP contribution in [0.25, 0.3) is 17.7 Å². The first kappa shape index (κ1) is 22.6. The summed E-state index contributed by atoms with van der Waals surface area (Å²) in [6.07, 6.45) is 9.00. The molecule has 0 bridgehead atoms. The number of rotatable bonds is 5. The van der Waals surface area contributed by atoms with Gasteiger partial charge in [-0.15, -0.1) is 0 Å². The first-order valence-electron chi connectivity index (χ1n) is 12.5. The SMILES string of the molecule is O=CN1CCC(C(=O)NCCN2CCC(=C3c4ccccc4C=Cc4ccccc43)CC2)CC1. The van der Waals surface area contributed by atoms with Crippen LogP contribution in [0, 0.1) is 5.92 Å². The van der Waals surface area contributed by atoms with Gasteiger partial charge in [-0.2, -0.15) is 0 Å². The minimum absolute atomic E-state index is 0.0397. The molecule has 2 amide bonds. The van der Waals surface area contributed by atoms with Crippen LogP contribution < -0.4 is 5.32 Å². The van der Waals surface area contributed by atoms with Crippen LogP contribution in [0.2, 0.25) is 0 Å². The van der Waals surface area contributed by atoms with Crippen LogP contribution in [0.5, 0.6) is 0 Å². The highest BCUT2D eigenvalue weighted by Gasteiger charge is 2.25. The van der Waals surface area contributed by atoms with Gasteiger partial charge in [0.25, 0.3) is 0 Å². The third kappa shape index (κ3) is 4.85. The molecule has 0 atom stereocenters. The lowest BCUT2D eigenvalue weighted by Crippen LogP contribution is -2.43. The summed E-state index contributed by atoms with van der Waals surface area (Å²) in [5.74, 6) is 0.183. The summed E-state index contributed by atoms with van der Waals surface area (Å²) in [6.45, 7) is 4.98. The van der Waals surface area contributed by atoms with Gasteiger partial charge < -0.3 is 15.1 Å². The Hall–Kier alpha value is -3.18. The summed E-state index contributed by atoms with van der Waals surface area (Å²) in [4.78, 5) is 27.6. The highest BCUT2D eigenvalue weighted by molar-refractivity contribution is 5.94. The molecule has 3 aliphatic rings. The van der Waals surface area contributed by atoms with Gasteiger partial charge in [-0.25, -0.2) is 0 Å². The number of hydrogen-bond acceptors (Lipinski definition) is 3. The zero-order valence-corrected chi connectivity index (χ0v) is 19.7. The van der Waals surface area contributed by atoms with Crippen molar-refractivity contribution in [2.75, 3.05) is 39.3 Å². The van der Waals surface area contributed by atoms with Gasteiger partial charge in [-0.1, -0.05) is 66.3 Å². The number of amides is 2. The maximum atomic E-state index is 12.5. The zero-order valence-electron chi connectivity index (χ0n) is 19.7. The fraction of sp³-hybridized carbons (Fsp3) is 0.379. The summed E-state index contributed by atoms with van der Waals surface area (Å²) in [5.41, 5.74) is 8.17. The van der Waals surface area contributed by atoms with Gasteiger partial charge >= 0.3 is 0 Å². The van der Waals surface area contributed by atoms with E-state index in [1.807, 2.05) is 0 Å². The Morgan fingerprint density at radius 2 is 1.47 bits per heavy atom. The van der Waals surface area contributed by atoms with Crippen LogP contribution in [0.4, 0.5) is 0 Å². The molecule has 0 saturated carbocycles. The zero-order chi connectivity index (χ0) is 23.3. The fourth-order valence-corrected chi connectivity index (χ4v) is 5.49. The maximum Gasteiger partial charge on any atom is 0.223 e. The summed E-state index contributed by atoms with van der Waals surface area (Å²) >= 11 is 0. The predicted octanol–water partition coefficient (Wildman–Crippen LogP) is 4.05. The summed E-state index contributed by atoms with van der Waals surface area (Å²) in [5, 5.41) is 3.13. The normalized spacial score (nSPS) is 18.8. The molecule has 2 aliphatic heterocycles. The highest BCUT2D eigenvalue weighted by atomic mass is 16.2. The third-order valence-electron chi connectivity index (χ3n) is 7.49. The van der Waals surface area contributed by atoms with E-state index in [9.17, 15) is 9.59 Å². The Labute approximate surface area is 202 Å². The number of carbonyl (C=O) groups excluding carboxylic acids is 2. The standard InChI is InChI=1S/C29H33N3O2/c33-21-32-18-13-25(14-19-32)29(34)30-15-20-31-16-11-24(12-17-31)28-26-7-3-1-5-22(26)9-10-23-6-2-4-8-27(23)28/h1-10,21,25H,11-20H2,(H,30,34). The second kappa shape index (κ2) is 10.4. The van der Waals surface area contributed by atoms with Gasteiger partial charge in [-0.05, 0) is 53.5 Å². The van der Waals surface area contributed by atoms with Gasteiger partial charge in [0.15, 0.2) is 0 Å². The van der Waals surface area contributed by atoms with E-state index in [0.29, 0.717) is 19.6 Å². The van der Waals surface area contributed by atoms with Crippen LogP contribution >= 0.6 is 0 Å². The van der Waals surface area contributed by atoms with Gasteiger partial charge in [0.05, 0.1) is 0 Å². The van der Waals surface area contributed by atoms with Crippen LogP contribution in [-0.4, -0.2) is 61.4 Å².